The Balaban J connectivity index is 3.98. The zero-order valence-corrected chi connectivity index (χ0v) is 12.0. The number of ketones is 1. The van der Waals surface area contributed by atoms with Crippen LogP contribution in [0.2, 0.25) is 0 Å². The average Bonchev–Trinajstić information content (AvgIpc) is 2.26. The van der Waals surface area contributed by atoms with Crippen LogP contribution >= 0.6 is 0 Å². The van der Waals surface area contributed by atoms with Gasteiger partial charge in [0.15, 0.2) is 0 Å². The second kappa shape index (κ2) is 7.89. The highest BCUT2D eigenvalue weighted by molar-refractivity contribution is 6.33. The Hall–Kier alpha value is -1.43. The number of hydrogen-bond acceptors (Lipinski definition) is 6. The summed E-state index contributed by atoms with van der Waals surface area (Å²) >= 11 is 0. The minimum Gasteiger partial charge on any atom is -0.460 e. The van der Waals surface area contributed by atoms with Gasteiger partial charge in [0.05, 0.1) is 6.61 Å². The van der Waals surface area contributed by atoms with Gasteiger partial charge in [0.1, 0.15) is 11.6 Å². The second-order valence-corrected chi connectivity index (χ2v) is 5.18. The lowest BCUT2D eigenvalue weighted by Crippen LogP contribution is -2.37. The van der Waals surface area contributed by atoms with Crippen molar-refractivity contribution in [1.82, 2.24) is 0 Å². The summed E-state index contributed by atoms with van der Waals surface area (Å²) in [7, 11) is 0. The first-order chi connectivity index (χ1) is 8.67. The number of hydrogen-bond donors (Lipinski definition) is 1. The SMILES string of the molecule is CCOC(=O)C(=O)CCC[C@H](N)C(=O)OC(C)(C)C. The Kier molecular flexibility index (Phi) is 7.29. The molecule has 0 aromatic heterocycles. The molecule has 0 aliphatic carbocycles. The van der Waals surface area contributed by atoms with Gasteiger partial charge in [-0.25, -0.2) is 4.79 Å². The third-order valence-electron chi connectivity index (χ3n) is 2.13. The average molecular weight is 273 g/mol. The molecule has 6 heteroatoms. The van der Waals surface area contributed by atoms with Crippen molar-refractivity contribution in [3.05, 3.63) is 0 Å². The molecule has 0 bridgehead atoms. The number of carbonyl (C=O) groups is 3. The van der Waals surface area contributed by atoms with Gasteiger partial charge in [0.25, 0.3) is 0 Å². The molecule has 0 fully saturated rings. The summed E-state index contributed by atoms with van der Waals surface area (Å²) in [6.07, 6.45) is 0.660. The maximum Gasteiger partial charge on any atom is 0.374 e. The van der Waals surface area contributed by atoms with Crippen LogP contribution in [0.5, 0.6) is 0 Å². The number of Topliss-reactive ketones (excluding diaryl/α,β-unsaturated/α-hetero) is 1. The Labute approximate surface area is 113 Å². The van der Waals surface area contributed by atoms with Crippen LogP contribution in [-0.2, 0) is 23.9 Å². The third kappa shape index (κ3) is 8.31. The zero-order chi connectivity index (χ0) is 15.1. The van der Waals surface area contributed by atoms with Gasteiger partial charge in [-0.05, 0) is 40.5 Å². The third-order valence-corrected chi connectivity index (χ3v) is 2.13. The van der Waals surface area contributed by atoms with E-state index < -0.39 is 29.4 Å². The fraction of sp³-hybridized carbons (Fsp3) is 0.769. The Morgan fingerprint density at radius 1 is 1.21 bits per heavy atom. The predicted molar refractivity (Wildman–Crippen MR) is 69.3 cm³/mol. The van der Waals surface area contributed by atoms with E-state index in [1.54, 1.807) is 27.7 Å². The van der Waals surface area contributed by atoms with Crippen molar-refractivity contribution in [2.24, 2.45) is 5.73 Å². The van der Waals surface area contributed by atoms with Crippen LogP contribution in [-0.4, -0.2) is 36.0 Å². The maximum atomic E-state index is 11.5. The quantitative estimate of drug-likeness (QED) is 0.548. The van der Waals surface area contributed by atoms with E-state index >= 15 is 0 Å². The van der Waals surface area contributed by atoms with Crippen molar-refractivity contribution < 1.29 is 23.9 Å². The van der Waals surface area contributed by atoms with Gasteiger partial charge in [-0.15, -0.1) is 0 Å². The number of rotatable bonds is 7. The normalized spacial score (nSPS) is 12.7. The van der Waals surface area contributed by atoms with Crippen LogP contribution in [0.25, 0.3) is 0 Å². The molecule has 0 aliphatic heterocycles. The molecule has 110 valence electrons. The molecule has 0 unspecified atom stereocenters. The smallest absolute Gasteiger partial charge is 0.374 e. The van der Waals surface area contributed by atoms with E-state index in [0.29, 0.717) is 12.8 Å². The highest BCUT2D eigenvalue weighted by Gasteiger charge is 2.22. The Bertz CT molecular complexity index is 332. The molecule has 0 aromatic carbocycles. The van der Waals surface area contributed by atoms with Crippen LogP contribution < -0.4 is 5.73 Å². The lowest BCUT2D eigenvalue weighted by Gasteiger charge is -2.22. The fourth-order valence-corrected chi connectivity index (χ4v) is 1.29. The lowest BCUT2D eigenvalue weighted by molar-refractivity contribution is -0.156. The molecular weight excluding hydrogens is 250 g/mol. The molecule has 0 spiro atoms. The molecule has 0 radical (unpaired) electrons. The molecule has 0 saturated heterocycles. The molecule has 0 aromatic rings. The van der Waals surface area contributed by atoms with Crippen LogP contribution in [0.4, 0.5) is 0 Å². The van der Waals surface area contributed by atoms with E-state index in [1.165, 1.54) is 0 Å². The van der Waals surface area contributed by atoms with Crippen LogP contribution in [0.3, 0.4) is 0 Å². The largest absolute Gasteiger partial charge is 0.460 e. The highest BCUT2D eigenvalue weighted by Crippen LogP contribution is 2.10. The van der Waals surface area contributed by atoms with E-state index in [4.69, 9.17) is 10.5 Å². The van der Waals surface area contributed by atoms with Gasteiger partial charge >= 0.3 is 11.9 Å². The van der Waals surface area contributed by atoms with Crippen LogP contribution in [0.15, 0.2) is 0 Å². The lowest BCUT2D eigenvalue weighted by atomic mass is 10.1. The summed E-state index contributed by atoms with van der Waals surface area (Å²) in [5.74, 6) is -1.94. The van der Waals surface area contributed by atoms with Crippen molar-refractivity contribution in [2.45, 2.75) is 58.6 Å². The molecule has 2 N–H and O–H groups in total. The van der Waals surface area contributed by atoms with Crippen molar-refractivity contribution in [1.29, 1.82) is 0 Å². The molecule has 19 heavy (non-hydrogen) atoms. The number of esters is 2. The van der Waals surface area contributed by atoms with Crippen LogP contribution in [0, 0.1) is 0 Å². The second-order valence-electron chi connectivity index (χ2n) is 5.18. The van der Waals surface area contributed by atoms with Gasteiger partial charge in [-0.1, -0.05) is 0 Å². The molecule has 0 saturated carbocycles. The number of ether oxygens (including phenoxy) is 2. The topological polar surface area (TPSA) is 95.7 Å². The first kappa shape index (κ1) is 17.6. The molecule has 0 rings (SSSR count). The fourth-order valence-electron chi connectivity index (χ4n) is 1.29. The first-order valence-electron chi connectivity index (χ1n) is 6.35. The Morgan fingerprint density at radius 2 is 1.79 bits per heavy atom. The summed E-state index contributed by atoms with van der Waals surface area (Å²) < 4.78 is 9.67. The van der Waals surface area contributed by atoms with E-state index in [2.05, 4.69) is 4.74 Å². The van der Waals surface area contributed by atoms with Gasteiger partial charge in [-0.3, -0.25) is 9.59 Å². The standard InChI is InChI=1S/C13H23NO5/c1-5-18-12(17)10(15)8-6-7-9(14)11(16)19-13(2,3)4/h9H,5-8,14H2,1-4H3/t9-/m0/s1. The van der Waals surface area contributed by atoms with Crippen molar-refractivity contribution in [3.8, 4) is 0 Å². The molecular formula is C13H23NO5. The van der Waals surface area contributed by atoms with Gasteiger partial charge in [0, 0.05) is 6.42 Å². The summed E-state index contributed by atoms with van der Waals surface area (Å²) in [4.78, 5) is 33.9. The van der Waals surface area contributed by atoms with Gasteiger partial charge in [-0.2, -0.15) is 0 Å². The zero-order valence-electron chi connectivity index (χ0n) is 12.0. The minimum absolute atomic E-state index is 0.0231. The number of carbonyl (C=O) groups excluding carboxylic acids is 3. The minimum atomic E-state index is -0.840. The molecule has 6 nitrogen and oxygen atoms in total. The highest BCUT2D eigenvalue weighted by atomic mass is 16.6. The summed E-state index contributed by atoms with van der Waals surface area (Å²) in [5, 5.41) is 0. The van der Waals surface area contributed by atoms with E-state index in [1.807, 2.05) is 0 Å². The maximum absolute atomic E-state index is 11.5. The van der Waals surface area contributed by atoms with E-state index in [-0.39, 0.29) is 13.0 Å². The van der Waals surface area contributed by atoms with E-state index in [9.17, 15) is 14.4 Å². The summed E-state index contributed by atoms with van der Waals surface area (Å²) in [6, 6.07) is -0.783. The first-order valence-corrected chi connectivity index (χ1v) is 6.35. The van der Waals surface area contributed by atoms with Gasteiger partial charge < -0.3 is 15.2 Å². The molecule has 0 aliphatic rings. The molecule has 0 amide bonds. The van der Waals surface area contributed by atoms with Crippen molar-refractivity contribution in [3.63, 3.8) is 0 Å². The molecule has 1 atom stereocenters. The van der Waals surface area contributed by atoms with Crippen molar-refractivity contribution in [2.75, 3.05) is 6.61 Å². The number of nitrogens with two attached hydrogens (primary N) is 1. The molecule has 0 heterocycles. The van der Waals surface area contributed by atoms with Crippen molar-refractivity contribution >= 4 is 17.7 Å². The predicted octanol–water partition coefficient (Wildman–Crippen LogP) is 0.958. The van der Waals surface area contributed by atoms with Gasteiger partial charge in [0.2, 0.25) is 5.78 Å². The summed E-state index contributed by atoms with van der Waals surface area (Å²) in [5.41, 5.74) is 5.06. The summed E-state index contributed by atoms with van der Waals surface area (Å²) in [6.45, 7) is 7.05. The Morgan fingerprint density at radius 3 is 2.26 bits per heavy atom. The van der Waals surface area contributed by atoms with Crippen LogP contribution in [0.1, 0.15) is 47.0 Å². The van der Waals surface area contributed by atoms with E-state index in [0.717, 1.165) is 0 Å². The monoisotopic (exact) mass is 273 g/mol.